The van der Waals surface area contributed by atoms with E-state index in [4.69, 9.17) is 9.47 Å². The molecule has 202 valence electrons. The molecule has 1 atom stereocenters. The summed E-state index contributed by atoms with van der Waals surface area (Å²) in [5, 5.41) is 25.3. The molecule has 1 unspecified atom stereocenters. The van der Waals surface area contributed by atoms with Crippen LogP contribution in [0.4, 0.5) is 5.69 Å². The maximum Gasteiger partial charge on any atom is 0.235 e. The van der Waals surface area contributed by atoms with E-state index in [9.17, 15) is 19.8 Å². The zero-order valence-electron chi connectivity index (χ0n) is 22.1. The van der Waals surface area contributed by atoms with Crippen LogP contribution in [-0.2, 0) is 9.59 Å². The zero-order chi connectivity index (χ0) is 28.5. The van der Waals surface area contributed by atoms with Crippen LogP contribution in [0.2, 0.25) is 0 Å². The maximum absolute atomic E-state index is 13.8. The molecular formula is C33H29NO6. The Labute approximate surface area is 232 Å². The van der Waals surface area contributed by atoms with Gasteiger partial charge in [-0.05, 0) is 42.0 Å². The van der Waals surface area contributed by atoms with E-state index in [1.54, 1.807) is 123 Å². The quantitative estimate of drug-likeness (QED) is 0.113. The summed E-state index contributed by atoms with van der Waals surface area (Å²) >= 11 is 0. The van der Waals surface area contributed by atoms with Crippen LogP contribution in [-0.4, -0.2) is 36.0 Å². The minimum atomic E-state index is -0.992. The fraction of sp³-hybridized carbons (Fsp3) is 0.0909. The molecule has 0 aliphatic rings. The van der Waals surface area contributed by atoms with Gasteiger partial charge < -0.3 is 25.0 Å². The molecule has 0 aliphatic carbocycles. The lowest BCUT2D eigenvalue weighted by Crippen LogP contribution is -2.25. The molecule has 0 heterocycles. The van der Waals surface area contributed by atoms with Gasteiger partial charge in [0.25, 0.3) is 0 Å². The van der Waals surface area contributed by atoms with E-state index in [0.29, 0.717) is 33.9 Å². The van der Waals surface area contributed by atoms with Gasteiger partial charge in [0.15, 0.2) is 0 Å². The molecule has 40 heavy (non-hydrogen) atoms. The average Bonchev–Trinajstić information content (AvgIpc) is 3.01. The van der Waals surface area contributed by atoms with Gasteiger partial charge in [-0.3, -0.25) is 9.59 Å². The lowest BCUT2D eigenvalue weighted by atomic mass is 9.90. The maximum atomic E-state index is 13.8. The Morgan fingerprint density at radius 1 is 0.700 bits per heavy atom. The van der Waals surface area contributed by atoms with Crippen molar-refractivity contribution in [2.24, 2.45) is 0 Å². The lowest BCUT2D eigenvalue weighted by molar-refractivity contribution is -0.131. The van der Waals surface area contributed by atoms with E-state index in [-0.39, 0.29) is 17.1 Å². The highest BCUT2D eigenvalue weighted by Gasteiger charge is 2.31. The van der Waals surface area contributed by atoms with Crippen molar-refractivity contribution < 1.29 is 29.3 Å². The molecule has 4 aromatic carbocycles. The largest absolute Gasteiger partial charge is 0.507 e. The van der Waals surface area contributed by atoms with Crippen LogP contribution in [0, 0.1) is 0 Å². The number of benzene rings is 4. The summed E-state index contributed by atoms with van der Waals surface area (Å²) in [7, 11) is 3.10. The average molecular weight is 536 g/mol. The second kappa shape index (κ2) is 13.0. The Bertz CT molecular complexity index is 1510. The first-order valence-corrected chi connectivity index (χ1v) is 12.5. The molecule has 4 rings (SSSR count). The first-order valence-electron chi connectivity index (χ1n) is 12.5. The number of aliphatic hydroxyl groups excluding tert-OH is 2. The third-order valence-corrected chi connectivity index (χ3v) is 6.25. The number of methoxy groups -OCH3 is 2. The van der Waals surface area contributed by atoms with Crippen LogP contribution in [0.5, 0.6) is 11.5 Å². The fourth-order valence-electron chi connectivity index (χ4n) is 4.11. The SMILES string of the molecule is COc1ccc(NC(/C(C(=O)C(=O)/C=C(\O)c2ccccc2)=C(\O)c2ccccc2)c2ccc(OC)cc2)cc1. The minimum Gasteiger partial charge on any atom is -0.507 e. The van der Waals surface area contributed by atoms with E-state index < -0.39 is 17.6 Å². The molecule has 7 nitrogen and oxygen atoms in total. The standard InChI is InChI=1S/C33H29NO6/c1-39-26-17-13-23(14-18-26)31(34-25-15-19-27(40-2)20-16-25)30(32(37)24-11-7-4-8-12-24)33(38)29(36)21-28(35)22-9-5-3-6-10-22/h3-21,31,34-35,37H,1-2H3/b28-21-,32-30+. The minimum absolute atomic E-state index is 0.186. The van der Waals surface area contributed by atoms with Crippen molar-refractivity contribution >= 4 is 28.8 Å². The molecule has 7 heteroatoms. The molecule has 0 aliphatic heterocycles. The van der Waals surface area contributed by atoms with Gasteiger partial charge in [0, 0.05) is 22.9 Å². The van der Waals surface area contributed by atoms with Crippen LogP contribution in [0.15, 0.2) is 121 Å². The Kier molecular flexibility index (Phi) is 8.99. The molecule has 0 amide bonds. The Morgan fingerprint density at radius 2 is 1.20 bits per heavy atom. The van der Waals surface area contributed by atoms with Gasteiger partial charge >= 0.3 is 0 Å². The Balaban J connectivity index is 1.85. The number of ketones is 2. The highest BCUT2D eigenvalue weighted by molar-refractivity contribution is 6.49. The monoisotopic (exact) mass is 535 g/mol. The van der Waals surface area contributed by atoms with Crippen LogP contribution >= 0.6 is 0 Å². The zero-order valence-corrected chi connectivity index (χ0v) is 22.1. The molecule has 0 fully saturated rings. The molecule has 0 saturated heterocycles. The molecule has 0 bridgehead atoms. The number of carbonyl (C=O) groups is 2. The fourth-order valence-corrected chi connectivity index (χ4v) is 4.11. The van der Waals surface area contributed by atoms with Crippen molar-refractivity contribution in [2.75, 3.05) is 19.5 Å². The van der Waals surface area contributed by atoms with Crippen molar-refractivity contribution in [1.82, 2.24) is 0 Å². The summed E-state index contributed by atoms with van der Waals surface area (Å²) in [4.78, 5) is 27.1. The van der Waals surface area contributed by atoms with E-state index in [1.807, 2.05) is 0 Å². The number of aliphatic hydroxyl groups is 2. The van der Waals surface area contributed by atoms with Gasteiger partial charge in [0.1, 0.15) is 23.0 Å². The number of hydrogen-bond donors (Lipinski definition) is 3. The molecule has 0 saturated carbocycles. The highest BCUT2D eigenvalue weighted by Crippen LogP contribution is 2.34. The van der Waals surface area contributed by atoms with Gasteiger partial charge in [-0.25, -0.2) is 0 Å². The predicted octanol–water partition coefficient (Wildman–Crippen LogP) is 6.56. The second-order valence-corrected chi connectivity index (χ2v) is 8.80. The molecule has 4 aromatic rings. The van der Waals surface area contributed by atoms with E-state index in [2.05, 4.69) is 5.32 Å². The normalized spacial score (nSPS) is 12.6. The van der Waals surface area contributed by atoms with E-state index in [0.717, 1.165) is 6.08 Å². The van der Waals surface area contributed by atoms with Crippen molar-refractivity contribution in [3.05, 3.63) is 138 Å². The van der Waals surface area contributed by atoms with E-state index >= 15 is 0 Å². The Morgan fingerprint density at radius 3 is 1.73 bits per heavy atom. The van der Waals surface area contributed by atoms with Gasteiger partial charge in [0.2, 0.25) is 11.6 Å². The summed E-state index contributed by atoms with van der Waals surface area (Å²) < 4.78 is 10.5. The van der Waals surface area contributed by atoms with Crippen LogP contribution < -0.4 is 14.8 Å². The number of anilines is 1. The summed E-state index contributed by atoms with van der Waals surface area (Å²) in [6, 6.07) is 29.9. The summed E-state index contributed by atoms with van der Waals surface area (Å²) in [5.41, 5.74) is 1.75. The van der Waals surface area contributed by atoms with Crippen molar-refractivity contribution in [3.8, 4) is 11.5 Å². The van der Waals surface area contributed by atoms with Gasteiger partial charge in [0.05, 0.1) is 25.8 Å². The smallest absolute Gasteiger partial charge is 0.235 e. The van der Waals surface area contributed by atoms with Crippen LogP contribution in [0.1, 0.15) is 22.7 Å². The number of ether oxygens (including phenoxy) is 2. The molecule has 0 radical (unpaired) electrons. The number of Topliss-reactive ketones (excluding diaryl/α,β-unsaturated/α-hetero) is 1. The molecule has 0 aromatic heterocycles. The number of nitrogens with one attached hydrogen (secondary N) is 1. The molecule has 0 spiro atoms. The molecule has 3 N–H and O–H groups in total. The Hall–Kier alpha value is -5.30. The first kappa shape index (κ1) is 27.7. The third kappa shape index (κ3) is 6.57. The lowest BCUT2D eigenvalue weighted by Gasteiger charge is -2.24. The topological polar surface area (TPSA) is 105 Å². The van der Waals surface area contributed by atoms with Crippen LogP contribution in [0.25, 0.3) is 11.5 Å². The highest BCUT2D eigenvalue weighted by atomic mass is 16.5. The predicted molar refractivity (Wildman–Crippen MR) is 155 cm³/mol. The van der Waals surface area contributed by atoms with Crippen LogP contribution in [0.3, 0.4) is 0 Å². The van der Waals surface area contributed by atoms with Gasteiger partial charge in [-0.1, -0.05) is 72.8 Å². The number of carbonyl (C=O) groups excluding carboxylic acids is 2. The first-order chi connectivity index (χ1) is 19.4. The van der Waals surface area contributed by atoms with Gasteiger partial charge in [-0.15, -0.1) is 0 Å². The molecular weight excluding hydrogens is 506 g/mol. The second-order valence-electron chi connectivity index (χ2n) is 8.80. The van der Waals surface area contributed by atoms with Crippen molar-refractivity contribution in [1.29, 1.82) is 0 Å². The summed E-state index contributed by atoms with van der Waals surface area (Å²) in [6.07, 6.45) is 0.869. The van der Waals surface area contributed by atoms with Gasteiger partial charge in [-0.2, -0.15) is 0 Å². The summed E-state index contributed by atoms with van der Waals surface area (Å²) in [6.45, 7) is 0. The number of hydrogen-bond acceptors (Lipinski definition) is 7. The van der Waals surface area contributed by atoms with E-state index in [1.165, 1.54) is 0 Å². The third-order valence-electron chi connectivity index (χ3n) is 6.25. The van der Waals surface area contributed by atoms with Crippen molar-refractivity contribution in [3.63, 3.8) is 0 Å². The van der Waals surface area contributed by atoms with Crippen molar-refractivity contribution in [2.45, 2.75) is 6.04 Å². The summed E-state index contributed by atoms with van der Waals surface area (Å²) in [5.74, 6) is -1.46. The number of allylic oxidation sites excluding steroid dienone is 1. The number of rotatable bonds is 11.